The summed E-state index contributed by atoms with van der Waals surface area (Å²) in [5, 5.41) is 0.891. The summed E-state index contributed by atoms with van der Waals surface area (Å²) < 4.78 is 0. The van der Waals surface area contributed by atoms with E-state index in [2.05, 4.69) is 4.98 Å². The quantitative estimate of drug-likeness (QED) is 0.436. The molecule has 1 heterocycles. The number of ketones is 2. The number of pyridine rings is 1. The van der Waals surface area contributed by atoms with Crippen molar-refractivity contribution >= 4 is 34.2 Å². The number of nitrogens with two attached hydrogens (primary N) is 1. The minimum Gasteiger partial charge on any atom is -0.397 e. The molecule has 1 atom stereocenters. The monoisotopic (exact) mass is 342 g/mol. The van der Waals surface area contributed by atoms with Crippen molar-refractivity contribution in [2.75, 3.05) is 5.73 Å². The molecule has 4 rings (SSSR count). The number of nitrogen functional groups attached to an aromatic ring is 1. The highest BCUT2D eigenvalue weighted by molar-refractivity contribution is 6.24. The smallest absolute Gasteiger partial charge is 0.175 e. The van der Waals surface area contributed by atoms with Gasteiger partial charge in [-0.25, -0.2) is 4.98 Å². The molecule has 0 radical (unpaired) electrons. The summed E-state index contributed by atoms with van der Waals surface area (Å²) in [6.07, 6.45) is 1.97. The molecular formula is C22H18N2O2. The third-order valence-electron chi connectivity index (χ3n) is 4.85. The summed E-state index contributed by atoms with van der Waals surface area (Å²) in [7, 11) is 0. The van der Waals surface area contributed by atoms with Crippen molar-refractivity contribution in [1.82, 2.24) is 4.98 Å². The minimum absolute atomic E-state index is 0.115. The van der Waals surface area contributed by atoms with Crippen molar-refractivity contribution in [1.29, 1.82) is 0 Å². The van der Waals surface area contributed by atoms with E-state index in [1.165, 1.54) is 0 Å². The Labute approximate surface area is 151 Å². The molecule has 1 unspecified atom stereocenters. The van der Waals surface area contributed by atoms with Gasteiger partial charge in [0.15, 0.2) is 11.6 Å². The molecule has 4 nitrogen and oxygen atoms in total. The molecule has 1 aliphatic carbocycles. The Morgan fingerprint density at radius 1 is 1.04 bits per heavy atom. The van der Waals surface area contributed by atoms with E-state index in [1.807, 2.05) is 55.5 Å². The van der Waals surface area contributed by atoms with Gasteiger partial charge in [0.05, 0.1) is 16.9 Å². The number of allylic oxidation sites excluding steroid dienone is 1. The second kappa shape index (κ2) is 6.23. The first-order valence-corrected chi connectivity index (χ1v) is 8.53. The highest BCUT2D eigenvalue weighted by Crippen LogP contribution is 2.33. The van der Waals surface area contributed by atoms with E-state index < -0.39 is 5.92 Å². The number of para-hydroxylation sites is 1. The van der Waals surface area contributed by atoms with E-state index in [-0.39, 0.29) is 18.0 Å². The number of fused-ring (bicyclic) bond motifs is 1. The fourth-order valence-electron chi connectivity index (χ4n) is 3.41. The number of carbonyl (C=O) groups is 2. The number of anilines is 1. The molecule has 4 heteroatoms. The van der Waals surface area contributed by atoms with E-state index in [0.717, 1.165) is 16.5 Å². The zero-order valence-electron chi connectivity index (χ0n) is 14.4. The number of carbonyl (C=O) groups excluding carboxylic acids is 2. The van der Waals surface area contributed by atoms with Gasteiger partial charge in [0.25, 0.3) is 0 Å². The molecule has 0 aliphatic heterocycles. The SMILES string of the molecule is Cc1ccccc1/C=C1\CC(=O)C(c2ccc3cccc(N)c3n2)C1=O. The number of aromatic nitrogens is 1. The number of aryl methyl sites for hydroxylation is 1. The predicted octanol–water partition coefficient (Wildman–Crippen LogP) is 3.83. The van der Waals surface area contributed by atoms with E-state index >= 15 is 0 Å². The zero-order valence-corrected chi connectivity index (χ0v) is 14.4. The van der Waals surface area contributed by atoms with Gasteiger partial charge >= 0.3 is 0 Å². The molecule has 2 aromatic carbocycles. The van der Waals surface area contributed by atoms with Gasteiger partial charge in [-0.2, -0.15) is 0 Å². The first-order valence-electron chi connectivity index (χ1n) is 8.53. The molecule has 1 aromatic heterocycles. The van der Waals surface area contributed by atoms with Crippen LogP contribution < -0.4 is 5.73 Å². The van der Waals surface area contributed by atoms with Gasteiger partial charge in [-0.15, -0.1) is 0 Å². The minimum atomic E-state index is -0.839. The van der Waals surface area contributed by atoms with E-state index in [4.69, 9.17) is 5.73 Å². The standard InChI is InChI=1S/C22H18N2O2/c1-13-5-2-3-6-15(13)11-16-12-19(25)20(22(16)26)18-10-9-14-7-4-8-17(23)21(14)24-18/h2-11,20H,12,23H2,1H3/b16-11+. The summed E-state index contributed by atoms with van der Waals surface area (Å²) in [6.45, 7) is 1.98. The molecule has 1 aliphatic rings. The topological polar surface area (TPSA) is 73.1 Å². The fourth-order valence-corrected chi connectivity index (χ4v) is 3.41. The average Bonchev–Trinajstić information content (AvgIpc) is 2.91. The van der Waals surface area contributed by atoms with Crippen LogP contribution in [-0.4, -0.2) is 16.6 Å². The Hall–Kier alpha value is -3.27. The molecule has 26 heavy (non-hydrogen) atoms. The molecule has 0 amide bonds. The maximum Gasteiger partial charge on any atom is 0.175 e. The Morgan fingerprint density at radius 3 is 2.65 bits per heavy atom. The maximum atomic E-state index is 12.9. The molecule has 128 valence electrons. The van der Waals surface area contributed by atoms with Crippen LogP contribution in [0.2, 0.25) is 0 Å². The van der Waals surface area contributed by atoms with Crippen LogP contribution in [0.4, 0.5) is 5.69 Å². The third kappa shape index (κ3) is 2.69. The van der Waals surface area contributed by atoms with E-state index in [1.54, 1.807) is 12.1 Å². The summed E-state index contributed by atoms with van der Waals surface area (Å²) in [5.41, 5.74) is 10.2. The van der Waals surface area contributed by atoms with Crippen LogP contribution in [0.1, 0.15) is 29.2 Å². The summed E-state index contributed by atoms with van der Waals surface area (Å²) >= 11 is 0. The Kier molecular flexibility index (Phi) is 3.88. The van der Waals surface area contributed by atoms with Gasteiger partial charge in [0, 0.05) is 17.4 Å². The van der Waals surface area contributed by atoms with Crippen molar-refractivity contribution in [2.24, 2.45) is 0 Å². The second-order valence-electron chi connectivity index (χ2n) is 6.62. The van der Waals surface area contributed by atoms with Gasteiger partial charge in [0.2, 0.25) is 0 Å². The van der Waals surface area contributed by atoms with Crippen molar-refractivity contribution in [3.8, 4) is 0 Å². The highest BCUT2D eigenvalue weighted by Gasteiger charge is 2.39. The Balaban J connectivity index is 1.74. The normalized spacial score (nSPS) is 18.8. The van der Waals surface area contributed by atoms with Crippen molar-refractivity contribution < 1.29 is 9.59 Å². The van der Waals surface area contributed by atoms with Crippen LogP contribution in [0.15, 0.2) is 60.2 Å². The zero-order chi connectivity index (χ0) is 18.3. The molecule has 3 aromatic rings. The van der Waals surface area contributed by atoms with Gasteiger partial charge < -0.3 is 5.73 Å². The lowest BCUT2D eigenvalue weighted by Crippen LogP contribution is -2.14. The number of hydrogen-bond acceptors (Lipinski definition) is 4. The number of Topliss-reactive ketones (excluding diaryl/α,β-unsaturated/α-hetero) is 2. The van der Waals surface area contributed by atoms with Gasteiger partial charge in [-0.3, -0.25) is 9.59 Å². The van der Waals surface area contributed by atoms with Gasteiger partial charge in [0.1, 0.15) is 5.92 Å². The summed E-state index contributed by atoms with van der Waals surface area (Å²) in [5.74, 6) is -1.12. The third-order valence-corrected chi connectivity index (χ3v) is 4.85. The van der Waals surface area contributed by atoms with Crippen molar-refractivity contribution in [2.45, 2.75) is 19.3 Å². The Morgan fingerprint density at radius 2 is 1.85 bits per heavy atom. The molecule has 1 saturated carbocycles. The second-order valence-corrected chi connectivity index (χ2v) is 6.62. The molecular weight excluding hydrogens is 324 g/mol. The first-order chi connectivity index (χ1) is 12.5. The van der Waals surface area contributed by atoms with E-state index in [9.17, 15) is 9.59 Å². The number of hydrogen-bond donors (Lipinski definition) is 1. The molecule has 0 spiro atoms. The van der Waals surface area contributed by atoms with Crippen LogP contribution in [0.5, 0.6) is 0 Å². The lowest BCUT2D eigenvalue weighted by atomic mass is 9.98. The highest BCUT2D eigenvalue weighted by atomic mass is 16.2. The number of rotatable bonds is 2. The van der Waals surface area contributed by atoms with Crippen LogP contribution in [-0.2, 0) is 9.59 Å². The fraction of sp³-hybridized carbons (Fsp3) is 0.136. The molecule has 0 bridgehead atoms. The van der Waals surface area contributed by atoms with E-state index in [0.29, 0.717) is 22.5 Å². The number of nitrogens with zero attached hydrogens (tertiary/aromatic N) is 1. The van der Waals surface area contributed by atoms with Crippen molar-refractivity contribution in [3.05, 3.63) is 77.0 Å². The van der Waals surface area contributed by atoms with Crippen molar-refractivity contribution in [3.63, 3.8) is 0 Å². The molecule has 0 saturated heterocycles. The average molecular weight is 342 g/mol. The largest absolute Gasteiger partial charge is 0.397 e. The van der Waals surface area contributed by atoms with Crippen LogP contribution in [0, 0.1) is 6.92 Å². The Bertz CT molecular complexity index is 1080. The lowest BCUT2D eigenvalue weighted by Gasteiger charge is -2.09. The first kappa shape index (κ1) is 16.2. The van der Waals surface area contributed by atoms with Gasteiger partial charge in [-0.05, 0) is 36.3 Å². The molecule has 2 N–H and O–H groups in total. The lowest BCUT2D eigenvalue weighted by molar-refractivity contribution is -0.123. The maximum absolute atomic E-state index is 12.9. The van der Waals surface area contributed by atoms with Gasteiger partial charge in [-0.1, -0.05) is 42.5 Å². The number of benzene rings is 2. The van der Waals surface area contributed by atoms with Crippen LogP contribution in [0.25, 0.3) is 17.0 Å². The predicted molar refractivity (Wildman–Crippen MR) is 103 cm³/mol. The van der Waals surface area contributed by atoms with Crippen LogP contribution in [0.3, 0.4) is 0 Å². The summed E-state index contributed by atoms with van der Waals surface area (Å²) in [6, 6.07) is 16.9. The molecule has 1 fully saturated rings. The van der Waals surface area contributed by atoms with Crippen LogP contribution >= 0.6 is 0 Å². The summed E-state index contributed by atoms with van der Waals surface area (Å²) in [4.78, 5) is 30.0.